The molecular formula is C14H22N4OS. The van der Waals surface area contributed by atoms with Gasteiger partial charge in [-0.05, 0) is 31.1 Å². The van der Waals surface area contributed by atoms with Crippen LogP contribution in [0.5, 0.6) is 0 Å². The molecule has 20 heavy (non-hydrogen) atoms. The van der Waals surface area contributed by atoms with Gasteiger partial charge in [-0.2, -0.15) is 0 Å². The van der Waals surface area contributed by atoms with E-state index in [0.29, 0.717) is 17.8 Å². The van der Waals surface area contributed by atoms with E-state index in [1.54, 1.807) is 6.20 Å². The van der Waals surface area contributed by atoms with Crippen molar-refractivity contribution in [3.63, 3.8) is 0 Å². The summed E-state index contributed by atoms with van der Waals surface area (Å²) in [6.45, 7) is 2.31. The van der Waals surface area contributed by atoms with E-state index < -0.39 is 0 Å². The van der Waals surface area contributed by atoms with Crippen LogP contribution in [0.4, 0.5) is 5.82 Å². The number of nitrogens with zero attached hydrogens (tertiary/aromatic N) is 2. The Morgan fingerprint density at radius 1 is 1.50 bits per heavy atom. The zero-order chi connectivity index (χ0) is 14.4. The number of ether oxygens (including phenoxy) is 1. The maximum Gasteiger partial charge on any atom is 0.166 e. The number of rotatable bonds is 5. The second-order valence-corrected chi connectivity index (χ2v) is 5.49. The molecule has 0 spiro atoms. The fourth-order valence-electron chi connectivity index (χ4n) is 2.22. The Morgan fingerprint density at radius 3 is 3.05 bits per heavy atom. The first kappa shape index (κ1) is 15.0. The van der Waals surface area contributed by atoms with Crippen LogP contribution in [0.3, 0.4) is 0 Å². The molecule has 1 atom stereocenters. The van der Waals surface area contributed by atoms with E-state index in [1.165, 1.54) is 0 Å². The first-order chi connectivity index (χ1) is 9.66. The molecule has 1 fully saturated rings. The number of pyridine rings is 1. The van der Waals surface area contributed by atoms with Gasteiger partial charge in [0.05, 0.1) is 6.10 Å². The van der Waals surface area contributed by atoms with Crippen molar-refractivity contribution in [2.24, 2.45) is 0 Å². The predicted molar refractivity (Wildman–Crippen MR) is 85.0 cm³/mol. The highest BCUT2D eigenvalue weighted by molar-refractivity contribution is 7.80. The minimum atomic E-state index is 0.297. The SMILES string of the molecule is CN(C)c1ncccc1CNC(=S)NC[C@@H]1CCCO1. The van der Waals surface area contributed by atoms with Gasteiger partial charge < -0.3 is 20.3 Å². The van der Waals surface area contributed by atoms with Crippen molar-refractivity contribution in [2.75, 3.05) is 32.1 Å². The van der Waals surface area contributed by atoms with Gasteiger partial charge in [-0.3, -0.25) is 0 Å². The van der Waals surface area contributed by atoms with Crippen LogP contribution in [0.1, 0.15) is 18.4 Å². The lowest BCUT2D eigenvalue weighted by atomic mass is 10.2. The van der Waals surface area contributed by atoms with E-state index in [9.17, 15) is 0 Å². The number of nitrogens with one attached hydrogen (secondary N) is 2. The minimum Gasteiger partial charge on any atom is -0.376 e. The Morgan fingerprint density at radius 2 is 2.35 bits per heavy atom. The van der Waals surface area contributed by atoms with Gasteiger partial charge in [-0.25, -0.2) is 4.98 Å². The third-order valence-corrected chi connectivity index (χ3v) is 3.53. The lowest BCUT2D eigenvalue weighted by Crippen LogP contribution is -2.39. The summed E-state index contributed by atoms with van der Waals surface area (Å²) in [4.78, 5) is 6.37. The van der Waals surface area contributed by atoms with Crippen LogP contribution < -0.4 is 15.5 Å². The summed E-state index contributed by atoms with van der Waals surface area (Å²) in [5, 5.41) is 7.08. The van der Waals surface area contributed by atoms with Crippen LogP contribution in [0.25, 0.3) is 0 Å². The van der Waals surface area contributed by atoms with Crippen LogP contribution in [0.15, 0.2) is 18.3 Å². The summed E-state index contributed by atoms with van der Waals surface area (Å²) in [5.74, 6) is 0.960. The summed E-state index contributed by atoms with van der Waals surface area (Å²) in [5.41, 5.74) is 1.12. The van der Waals surface area contributed by atoms with Crippen molar-refractivity contribution >= 4 is 23.1 Å². The summed E-state index contributed by atoms with van der Waals surface area (Å²) < 4.78 is 5.55. The second-order valence-electron chi connectivity index (χ2n) is 5.08. The molecule has 0 unspecified atom stereocenters. The van der Waals surface area contributed by atoms with Gasteiger partial charge >= 0.3 is 0 Å². The van der Waals surface area contributed by atoms with E-state index in [2.05, 4.69) is 21.7 Å². The van der Waals surface area contributed by atoms with Crippen LogP contribution in [0.2, 0.25) is 0 Å². The average molecular weight is 294 g/mol. The number of thiocarbonyl (C=S) groups is 1. The molecule has 0 saturated carbocycles. The van der Waals surface area contributed by atoms with E-state index in [-0.39, 0.29) is 0 Å². The lowest BCUT2D eigenvalue weighted by molar-refractivity contribution is 0.114. The highest BCUT2D eigenvalue weighted by atomic mass is 32.1. The van der Waals surface area contributed by atoms with Crippen molar-refractivity contribution in [1.29, 1.82) is 0 Å². The maximum atomic E-state index is 5.55. The molecule has 1 aromatic rings. The zero-order valence-electron chi connectivity index (χ0n) is 12.1. The Balaban J connectivity index is 1.78. The minimum absolute atomic E-state index is 0.297. The summed E-state index contributed by atoms with van der Waals surface area (Å²) >= 11 is 5.28. The molecule has 0 amide bonds. The normalized spacial score (nSPS) is 17.8. The van der Waals surface area contributed by atoms with Gasteiger partial charge in [-0.15, -0.1) is 0 Å². The Labute approximate surface area is 125 Å². The Hall–Kier alpha value is -1.40. The predicted octanol–water partition coefficient (Wildman–Crippen LogP) is 1.29. The van der Waals surface area contributed by atoms with Crippen molar-refractivity contribution in [3.05, 3.63) is 23.9 Å². The molecule has 6 heteroatoms. The van der Waals surface area contributed by atoms with Gasteiger partial charge in [0.25, 0.3) is 0 Å². The molecule has 1 saturated heterocycles. The quantitative estimate of drug-likeness (QED) is 0.798. The van der Waals surface area contributed by atoms with Gasteiger partial charge in [0, 0.05) is 45.6 Å². The second kappa shape index (κ2) is 7.40. The van der Waals surface area contributed by atoms with Gasteiger partial charge in [0.2, 0.25) is 0 Å². The number of hydrogen-bond acceptors (Lipinski definition) is 4. The molecular weight excluding hydrogens is 272 g/mol. The maximum absolute atomic E-state index is 5.55. The topological polar surface area (TPSA) is 49.4 Å². The molecule has 0 aliphatic carbocycles. The first-order valence-electron chi connectivity index (χ1n) is 6.91. The summed E-state index contributed by atoms with van der Waals surface area (Å²) in [7, 11) is 3.97. The van der Waals surface area contributed by atoms with Crippen LogP contribution in [-0.2, 0) is 11.3 Å². The molecule has 1 aliphatic rings. The number of aromatic nitrogens is 1. The molecule has 5 nitrogen and oxygen atoms in total. The number of hydrogen-bond donors (Lipinski definition) is 2. The van der Waals surface area contributed by atoms with Gasteiger partial charge in [0.1, 0.15) is 5.82 Å². The summed E-state index contributed by atoms with van der Waals surface area (Å²) in [6, 6.07) is 3.99. The van der Waals surface area contributed by atoms with E-state index in [4.69, 9.17) is 17.0 Å². The van der Waals surface area contributed by atoms with E-state index >= 15 is 0 Å². The van der Waals surface area contributed by atoms with Crippen LogP contribution in [0, 0.1) is 0 Å². The molecule has 2 N–H and O–H groups in total. The molecule has 2 heterocycles. The highest BCUT2D eigenvalue weighted by Crippen LogP contribution is 2.14. The first-order valence-corrected chi connectivity index (χ1v) is 7.32. The standard InChI is InChI=1S/C14H22N4OS/c1-18(2)13-11(5-3-7-15-13)9-16-14(20)17-10-12-6-4-8-19-12/h3,5,7,12H,4,6,8-10H2,1-2H3,(H2,16,17,20)/t12-/m0/s1. The Kier molecular flexibility index (Phi) is 5.55. The molecule has 0 radical (unpaired) electrons. The molecule has 0 aromatic carbocycles. The lowest BCUT2D eigenvalue weighted by Gasteiger charge is -2.17. The molecule has 1 aliphatic heterocycles. The number of anilines is 1. The average Bonchev–Trinajstić information content (AvgIpc) is 2.96. The Bertz CT molecular complexity index is 447. The van der Waals surface area contributed by atoms with Crippen molar-refractivity contribution in [3.8, 4) is 0 Å². The van der Waals surface area contributed by atoms with Gasteiger partial charge in [0.15, 0.2) is 5.11 Å². The smallest absolute Gasteiger partial charge is 0.166 e. The fraction of sp³-hybridized carbons (Fsp3) is 0.571. The van der Waals surface area contributed by atoms with Crippen molar-refractivity contribution in [1.82, 2.24) is 15.6 Å². The molecule has 2 rings (SSSR count). The third kappa shape index (κ3) is 4.31. The van der Waals surface area contributed by atoms with Crippen molar-refractivity contribution in [2.45, 2.75) is 25.5 Å². The van der Waals surface area contributed by atoms with Crippen LogP contribution >= 0.6 is 12.2 Å². The molecule has 1 aromatic heterocycles. The molecule has 0 bridgehead atoms. The summed E-state index contributed by atoms with van der Waals surface area (Å²) in [6.07, 6.45) is 4.36. The van der Waals surface area contributed by atoms with E-state index in [1.807, 2.05) is 25.1 Å². The van der Waals surface area contributed by atoms with E-state index in [0.717, 1.165) is 37.4 Å². The zero-order valence-corrected chi connectivity index (χ0v) is 12.9. The highest BCUT2D eigenvalue weighted by Gasteiger charge is 2.15. The van der Waals surface area contributed by atoms with Crippen LogP contribution in [-0.4, -0.2) is 43.4 Å². The van der Waals surface area contributed by atoms with Gasteiger partial charge in [-0.1, -0.05) is 6.07 Å². The third-order valence-electron chi connectivity index (χ3n) is 3.24. The largest absolute Gasteiger partial charge is 0.376 e. The molecule has 110 valence electrons. The van der Waals surface area contributed by atoms with Crippen molar-refractivity contribution < 1.29 is 4.74 Å². The monoisotopic (exact) mass is 294 g/mol. The fourth-order valence-corrected chi connectivity index (χ4v) is 2.38.